The molecule has 0 radical (unpaired) electrons. The molecule has 1 saturated heterocycles. The molecule has 0 aliphatic carbocycles. The lowest BCUT2D eigenvalue weighted by atomic mass is 10.8. The molecule has 1 fully saturated rings. The van der Waals surface area contributed by atoms with Crippen LogP contribution in [0.3, 0.4) is 0 Å². The Balaban J connectivity index is 2.22. The molecule has 1 unspecified atom stereocenters. The van der Waals surface area contributed by atoms with Gasteiger partial charge in [0.1, 0.15) is 0 Å². The van der Waals surface area contributed by atoms with Gasteiger partial charge in [0.15, 0.2) is 0 Å². The monoisotopic (exact) mass is 121 g/mol. The van der Waals surface area contributed by atoms with Crippen LogP contribution in [0.15, 0.2) is 0 Å². The Bertz CT molecular complexity index is 78.9. The lowest BCUT2D eigenvalue weighted by Gasteiger charge is -2.04. The van der Waals surface area contributed by atoms with Crippen molar-refractivity contribution in [2.24, 2.45) is 0 Å². The number of rotatable bonds is 1. The zero-order chi connectivity index (χ0) is 5.98. The van der Waals surface area contributed by atoms with Crippen LogP contribution in [0, 0.1) is 5.21 Å². The van der Waals surface area contributed by atoms with E-state index in [4.69, 9.17) is 0 Å². The van der Waals surface area contributed by atoms with E-state index in [1.165, 1.54) is 5.17 Å². The normalized spacial score (nSPS) is 31.5. The fourth-order valence-electron chi connectivity index (χ4n) is 0.345. The average molecular weight is 121 g/mol. The third kappa shape index (κ3) is 1.13. The highest BCUT2D eigenvalue weighted by Crippen LogP contribution is 1.79. The number of quaternary nitrogens is 1. The molecular weight excluding hydrogens is 114 g/mol. The summed E-state index contributed by atoms with van der Waals surface area (Å²) < 4.78 is 0. The Morgan fingerprint density at radius 2 is 2.62 bits per heavy atom. The molecule has 0 aromatic rings. The fourth-order valence-corrected chi connectivity index (χ4v) is 0.345. The van der Waals surface area contributed by atoms with Gasteiger partial charge in [0.25, 0.3) is 0 Å². The third-order valence-electron chi connectivity index (χ3n) is 0.703. The van der Waals surface area contributed by atoms with Crippen molar-refractivity contribution in [1.82, 2.24) is 10.8 Å². The molecule has 1 rings (SSSR count). The lowest BCUT2D eigenvalue weighted by Crippen LogP contribution is -3.03. The maximum atomic E-state index is 10.1. The maximum absolute atomic E-state index is 10.1. The second-order valence-electron chi connectivity index (χ2n) is 1.23. The van der Waals surface area contributed by atoms with E-state index in [9.17, 15) is 5.21 Å². The van der Waals surface area contributed by atoms with E-state index in [-0.39, 0.29) is 0 Å². The summed E-state index contributed by atoms with van der Waals surface area (Å²) in [4.78, 5) is 8.54. The van der Waals surface area contributed by atoms with Crippen molar-refractivity contribution in [3.63, 3.8) is 0 Å². The average Bonchev–Trinajstić information content (AvgIpc) is 2.14. The molecule has 0 amide bonds. The Kier molecular flexibility index (Phi) is 1.73. The number of hydrogen-bond acceptors (Lipinski definition) is 5. The van der Waals surface area contributed by atoms with Crippen molar-refractivity contribution in [3.05, 3.63) is 5.21 Å². The number of hydrazine groups is 1. The first kappa shape index (κ1) is 5.89. The van der Waals surface area contributed by atoms with Crippen LogP contribution in [-0.2, 0) is 9.88 Å². The van der Waals surface area contributed by atoms with Gasteiger partial charge >= 0.3 is 0 Å². The van der Waals surface area contributed by atoms with Gasteiger partial charge in [0, 0.05) is 6.54 Å². The molecule has 6 heteroatoms. The zero-order valence-electron chi connectivity index (χ0n) is 4.38. The molecule has 48 valence electrons. The molecule has 0 aromatic carbocycles. The largest absolute Gasteiger partial charge is 0.563 e. The van der Waals surface area contributed by atoms with Crippen molar-refractivity contribution >= 4 is 0 Å². The van der Waals surface area contributed by atoms with E-state index in [1.54, 1.807) is 0 Å². The van der Waals surface area contributed by atoms with Crippen LogP contribution in [0.4, 0.5) is 0 Å². The van der Waals surface area contributed by atoms with Crippen LogP contribution in [0.25, 0.3) is 0 Å². The molecule has 2 N–H and O–H groups in total. The molecule has 0 bridgehead atoms. The highest BCUT2D eigenvalue weighted by Gasteiger charge is 2.18. The summed E-state index contributed by atoms with van der Waals surface area (Å²) in [5.41, 5.74) is 2.22. The summed E-state index contributed by atoms with van der Waals surface area (Å²) in [6, 6.07) is 0. The summed E-state index contributed by atoms with van der Waals surface area (Å²) in [6.45, 7) is 2.38. The molecule has 1 atom stereocenters. The maximum Gasteiger partial charge on any atom is 0.0458 e. The molecule has 8 heavy (non-hydrogen) atoms. The quantitative estimate of drug-likeness (QED) is 0.389. The molecule has 0 spiro atoms. The van der Waals surface area contributed by atoms with Crippen molar-refractivity contribution < 1.29 is 15.3 Å². The van der Waals surface area contributed by atoms with Crippen LogP contribution in [-0.4, -0.2) is 11.7 Å². The van der Waals surface area contributed by atoms with Gasteiger partial charge in [-0.1, -0.05) is 9.88 Å². The minimum Gasteiger partial charge on any atom is -0.563 e. The van der Waals surface area contributed by atoms with Crippen LogP contribution < -0.4 is 11.0 Å². The van der Waals surface area contributed by atoms with Gasteiger partial charge in [-0.05, 0) is 23.1 Å². The molecule has 1 heterocycles. The Hall–Kier alpha value is -0.240. The summed E-state index contributed by atoms with van der Waals surface area (Å²) in [6.07, 6.45) is 0. The van der Waals surface area contributed by atoms with Gasteiger partial charge in [0.2, 0.25) is 0 Å². The standard InChI is InChI=1S/C2H7N3O3/c1-2-4-3-7-5(6)8-4/h3,5H,2H2,1H3. The van der Waals surface area contributed by atoms with Crippen LogP contribution >= 0.6 is 0 Å². The zero-order valence-corrected chi connectivity index (χ0v) is 4.38. The Labute approximate surface area is 45.9 Å². The molecule has 0 saturated carbocycles. The smallest absolute Gasteiger partial charge is 0.0458 e. The highest BCUT2D eigenvalue weighted by atomic mass is 17.3. The van der Waals surface area contributed by atoms with Crippen LogP contribution in [0.1, 0.15) is 6.92 Å². The third-order valence-corrected chi connectivity index (χ3v) is 0.703. The van der Waals surface area contributed by atoms with E-state index < -0.39 is 5.39 Å². The Morgan fingerprint density at radius 1 is 1.88 bits per heavy atom. The molecule has 0 aromatic heterocycles. The predicted molar refractivity (Wildman–Crippen MR) is 22.0 cm³/mol. The minimum absolute atomic E-state index is 0.561. The summed E-state index contributed by atoms with van der Waals surface area (Å²) in [7, 11) is 0. The molecule has 1 aliphatic heterocycles. The summed E-state index contributed by atoms with van der Waals surface area (Å²) in [5, 5.41) is 10.5. The number of nitrogens with zero attached hydrogens (tertiary/aromatic N) is 1. The fraction of sp³-hybridized carbons (Fsp3) is 1.00. The van der Waals surface area contributed by atoms with E-state index >= 15 is 0 Å². The highest BCUT2D eigenvalue weighted by molar-refractivity contribution is 4.16. The van der Waals surface area contributed by atoms with Crippen molar-refractivity contribution in [2.45, 2.75) is 6.92 Å². The molecule has 1 aliphatic rings. The predicted octanol–water partition coefficient (Wildman–Crippen LogP) is -2.10. The first-order valence-corrected chi connectivity index (χ1v) is 2.25. The first-order valence-electron chi connectivity index (χ1n) is 2.25. The van der Waals surface area contributed by atoms with Gasteiger partial charge in [0.05, 0.1) is 0 Å². The van der Waals surface area contributed by atoms with E-state index in [0.29, 0.717) is 6.54 Å². The van der Waals surface area contributed by atoms with Crippen molar-refractivity contribution in [3.8, 4) is 0 Å². The minimum atomic E-state index is -0.716. The summed E-state index contributed by atoms with van der Waals surface area (Å²) in [5.74, 6) is 0. The second-order valence-corrected chi connectivity index (χ2v) is 1.23. The second kappa shape index (κ2) is 2.35. The van der Waals surface area contributed by atoms with E-state index in [0.717, 1.165) is 0 Å². The van der Waals surface area contributed by atoms with Gasteiger partial charge in [-0.15, -0.1) is 0 Å². The van der Waals surface area contributed by atoms with Crippen LogP contribution in [0.2, 0.25) is 0 Å². The Morgan fingerprint density at radius 3 is 2.88 bits per heavy atom. The van der Waals surface area contributed by atoms with Gasteiger partial charge < -0.3 is 5.21 Å². The van der Waals surface area contributed by atoms with Gasteiger partial charge in [-0.25, -0.2) is 0 Å². The van der Waals surface area contributed by atoms with Gasteiger partial charge in [-0.2, -0.15) is 0 Å². The lowest BCUT2D eigenvalue weighted by molar-refractivity contribution is -1.20. The SMILES string of the molecule is CCN1NO[NH+]([O-])O1. The van der Waals surface area contributed by atoms with Crippen LogP contribution in [0.5, 0.6) is 0 Å². The summed E-state index contributed by atoms with van der Waals surface area (Å²) >= 11 is 0. The number of hydrogen-bond donors (Lipinski definition) is 2. The van der Waals surface area contributed by atoms with E-state index in [1.807, 2.05) is 6.92 Å². The van der Waals surface area contributed by atoms with E-state index in [2.05, 4.69) is 15.5 Å². The molecular formula is C2H7N3O3. The number of hydroxylamine groups is 1. The van der Waals surface area contributed by atoms with Crippen molar-refractivity contribution in [1.29, 1.82) is 0 Å². The number of nitrogens with one attached hydrogen (secondary N) is 2. The van der Waals surface area contributed by atoms with Crippen molar-refractivity contribution in [2.75, 3.05) is 6.54 Å². The molecule has 6 nitrogen and oxygen atoms in total. The van der Waals surface area contributed by atoms with Gasteiger partial charge in [-0.3, -0.25) is 0 Å². The first-order chi connectivity index (χ1) is 3.83. The topological polar surface area (TPSA) is 61.2 Å².